The predicted octanol–water partition coefficient (Wildman–Crippen LogP) is 3.10. The number of alkyl halides is 3. The number of quaternary nitrogens is 1. The second kappa shape index (κ2) is 13.4. The average molecular weight is 400 g/mol. The molecule has 0 aliphatic carbocycles. The third-order valence-electron chi connectivity index (χ3n) is 3.32. The van der Waals surface area contributed by atoms with Gasteiger partial charge in [0.1, 0.15) is 0 Å². The van der Waals surface area contributed by atoms with Crippen LogP contribution >= 0.6 is 8.53 Å². The van der Waals surface area contributed by atoms with Crippen molar-refractivity contribution in [2.45, 2.75) is 71.6 Å². The number of halogens is 3. The van der Waals surface area contributed by atoms with Crippen LogP contribution < -0.4 is 5.32 Å². The molecular formula is C16H30F3N3O3P+. The molecule has 0 rings (SSSR count). The van der Waals surface area contributed by atoms with Crippen molar-refractivity contribution in [3.05, 3.63) is 0 Å². The van der Waals surface area contributed by atoms with Gasteiger partial charge < -0.3 is 9.05 Å². The third kappa shape index (κ3) is 11.0. The SMILES string of the molecule is CC(C)N(C(C)C)P(OCCC#N)OCCCCC[NH2+]C(=O)C(F)(F)F. The van der Waals surface area contributed by atoms with Crippen molar-refractivity contribution in [1.29, 1.82) is 5.26 Å². The lowest BCUT2D eigenvalue weighted by Gasteiger charge is -2.35. The monoisotopic (exact) mass is 400 g/mol. The van der Waals surface area contributed by atoms with Gasteiger partial charge in [-0.1, -0.05) is 0 Å². The van der Waals surface area contributed by atoms with Crippen molar-refractivity contribution in [3.63, 3.8) is 0 Å². The lowest BCUT2D eigenvalue weighted by atomic mass is 10.2. The fourth-order valence-electron chi connectivity index (χ4n) is 2.23. The van der Waals surface area contributed by atoms with Crippen LogP contribution in [0, 0.1) is 11.3 Å². The topological polar surface area (TPSA) is 79.2 Å². The number of hydrogen-bond acceptors (Lipinski definition) is 5. The molecule has 0 saturated carbocycles. The van der Waals surface area contributed by atoms with Crippen LogP contribution in [0.2, 0.25) is 0 Å². The van der Waals surface area contributed by atoms with Gasteiger partial charge in [0.15, 0.2) is 0 Å². The maximum atomic E-state index is 12.1. The van der Waals surface area contributed by atoms with Crippen LogP contribution in [-0.4, -0.2) is 48.6 Å². The summed E-state index contributed by atoms with van der Waals surface area (Å²) in [6, 6.07) is 2.46. The maximum Gasteiger partial charge on any atom is 0.509 e. The summed E-state index contributed by atoms with van der Waals surface area (Å²) in [7, 11) is -1.29. The zero-order valence-corrected chi connectivity index (χ0v) is 16.8. The van der Waals surface area contributed by atoms with Crippen LogP contribution in [0.1, 0.15) is 53.4 Å². The van der Waals surface area contributed by atoms with E-state index in [4.69, 9.17) is 14.3 Å². The number of carbonyl (C=O) groups is 1. The fraction of sp³-hybridized carbons (Fsp3) is 0.875. The standard InChI is InChI=1S/C16H29F3N3O3P/c1-13(2)22(14(3)4)26(25-12-8-9-20)24-11-7-5-6-10-21-15(23)16(17,18)19/h13-14H,5-8,10-12H2,1-4H3,(H,21,23)/p+1. The number of primary amides is 1. The highest BCUT2D eigenvalue weighted by atomic mass is 31.2. The zero-order valence-electron chi connectivity index (χ0n) is 15.9. The molecular weight excluding hydrogens is 370 g/mol. The molecule has 10 heteroatoms. The van der Waals surface area contributed by atoms with E-state index < -0.39 is 20.6 Å². The van der Waals surface area contributed by atoms with Crippen LogP contribution in [-0.2, 0) is 13.8 Å². The molecule has 0 aliphatic rings. The Kier molecular flexibility index (Phi) is 13.0. The number of rotatable bonds is 13. The van der Waals surface area contributed by atoms with E-state index in [1.54, 1.807) is 0 Å². The number of amides is 1. The van der Waals surface area contributed by atoms with Crippen LogP contribution in [0.25, 0.3) is 0 Å². The highest BCUT2D eigenvalue weighted by Gasteiger charge is 2.42. The minimum absolute atomic E-state index is 0.107. The summed E-state index contributed by atoms with van der Waals surface area (Å²) in [4.78, 5) is 10.7. The van der Waals surface area contributed by atoms with E-state index in [2.05, 4.69) is 4.67 Å². The first-order chi connectivity index (χ1) is 12.1. The van der Waals surface area contributed by atoms with Crippen molar-refractivity contribution >= 4 is 14.4 Å². The van der Waals surface area contributed by atoms with E-state index in [1.807, 2.05) is 33.8 Å². The van der Waals surface area contributed by atoms with Gasteiger partial charge >= 0.3 is 12.1 Å². The summed E-state index contributed by atoms with van der Waals surface area (Å²) < 4.78 is 49.9. The Morgan fingerprint density at radius 2 is 1.69 bits per heavy atom. The molecule has 0 bridgehead atoms. The van der Waals surface area contributed by atoms with E-state index in [0.717, 1.165) is 0 Å². The smallest absolute Gasteiger partial charge is 0.322 e. The molecule has 0 aromatic heterocycles. The van der Waals surface area contributed by atoms with Gasteiger partial charge in [-0.15, -0.1) is 0 Å². The Morgan fingerprint density at radius 1 is 1.12 bits per heavy atom. The van der Waals surface area contributed by atoms with Gasteiger partial charge in [0, 0.05) is 12.1 Å². The Bertz CT molecular complexity index is 435. The molecule has 0 aromatic carbocycles. The summed E-state index contributed by atoms with van der Waals surface area (Å²) in [5.74, 6) is -1.78. The van der Waals surface area contributed by atoms with E-state index in [1.165, 1.54) is 0 Å². The molecule has 1 atom stereocenters. The highest BCUT2D eigenvalue weighted by molar-refractivity contribution is 7.44. The summed E-state index contributed by atoms with van der Waals surface area (Å²) in [6.45, 7) is 8.99. The maximum absolute atomic E-state index is 12.1. The lowest BCUT2D eigenvalue weighted by Crippen LogP contribution is -2.91. The molecule has 1 amide bonds. The molecule has 152 valence electrons. The molecule has 0 heterocycles. The van der Waals surface area contributed by atoms with Crippen molar-refractivity contribution in [3.8, 4) is 6.07 Å². The largest absolute Gasteiger partial charge is 0.509 e. The first-order valence-electron chi connectivity index (χ1n) is 8.76. The van der Waals surface area contributed by atoms with E-state index in [9.17, 15) is 18.0 Å². The number of nitrogens with zero attached hydrogens (tertiary/aromatic N) is 2. The third-order valence-corrected chi connectivity index (χ3v) is 5.43. The minimum atomic E-state index is -4.78. The Hall–Kier alpha value is -0.780. The molecule has 0 spiro atoms. The van der Waals surface area contributed by atoms with Crippen LogP contribution in [0.3, 0.4) is 0 Å². The molecule has 26 heavy (non-hydrogen) atoms. The van der Waals surface area contributed by atoms with Gasteiger partial charge in [0.25, 0.3) is 8.53 Å². The first-order valence-corrected chi connectivity index (χ1v) is 9.89. The molecule has 6 nitrogen and oxygen atoms in total. The predicted molar refractivity (Wildman–Crippen MR) is 92.9 cm³/mol. The van der Waals surface area contributed by atoms with E-state index in [0.29, 0.717) is 37.8 Å². The van der Waals surface area contributed by atoms with Crippen LogP contribution in [0.5, 0.6) is 0 Å². The minimum Gasteiger partial charge on any atom is -0.322 e. The molecule has 0 aromatic rings. The van der Waals surface area contributed by atoms with E-state index >= 15 is 0 Å². The Morgan fingerprint density at radius 3 is 2.19 bits per heavy atom. The number of carbonyl (C=O) groups excluding carboxylic acids is 1. The van der Waals surface area contributed by atoms with Crippen LogP contribution in [0.4, 0.5) is 13.2 Å². The van der Waals surface area contributed by atoms with Gasteiger partial charge in [0.05, 0.1) is 32.2 Å². The molecule has 2 N–H and O–H groups in total. The van der Waals surface area contributed by atoms with E-state index in [-0.39, 0.29) is 25.0 Å². The lowest BCUT2D eigenvalue weighted by molar-refractivity contribution is -0.582. The summed E-state index contributed by atoms with van der Waals surface area (Å²) >= 11 is 0. The van der Waals surface area contributed by atoms with Gasteiger partial charge in [-0.25, -0.2) is 9.46 Å². The van der Waals surface area contributed by atoms with Gasteiger partial charge in [-0.2, -0.15) is 18.4 Å². The van der Waals surface area contributed by atoms with Gasteiger partial charge in [-0.3, -0.25) is 5.32 Å². The first kappa shape index (κ1) is 25.2. The fourth-order valence-corrected chi connectivity index (χ4v) is 3.86. The van der Waals surface area contributed by atoms with Gasteiger partial charge in [-0.05, 0) is 47.0 Å². The average Bonchev–Trinajstić information content (AvgIpc) is 2.51. The normalized spacial score (nSPS) is 13.4. The molecule has 0 fully saturated rings. The number of nitrogens with two attached hydrogens (primary N) is 1. The molecule has 1 unspecified atom stereocenters. The van der Waals surface area contributed by atoms with Crippen molar-refractivity contribution in [1.82, 2.24) is 4.67 Å². The Labute approximate surface area is 155 Å². The molecule has 0 radical (unpaired) electrons. The van der Waals surface area contributed by atoms with Crippen LogP contribution in [0.15, 0.2) is 0 Å². The number of unbranched alkanes of at least 4 members (excludes halogenated alkanes) is 2. The van der Waals surface area contributed by atoms with Crippen molar-refractivity contribution in [2.75, 3.05) is 19.8 Å². The van der Waals surface area contributed by atoms with Crippen molar-refractivity contribution < 1.29 is 32.3 Å². The van der Waals surface area contributed by atoms with Gasteiger partial charge in [0.2, 0.25) is 0 Å². The zero-order chi connectivity index (χ0) is 20.2. The summed E-state index contributed by atoms with van der Waals surface area (Å²) in [5, 5.41) is 9.34. The Balaban J connectivity index is 4.20. The summed E-state index contributed by atoms with van der Waals surface area (Å²) in [5.41, 5.74) is 0. The molecule has 0 saturated heterocycles. The number of hydrogen-bond donors (Lipinski definition) is 1. The quantitative estimate of drug-likeness (QED) is 0.380. The second-order valence-electron chi connectivity index (χ2n) is 6.30. The second-order valence-corrected chi connectivity index (χ2v) is 7.75. The summed E-state index contributed by atoms with van der Waals surface area (Å²) in [6.07, 6.45) is -2.67. The van der Waals surface area contributed by atoms with Crippen molar-refractivity contribution in [2.24, 2.45) is 0 Å². The number of nitriles is 1. The molecule has 0 aliphatic heterocycles. The highest BCUT2D eigenvalue weighted by Crippen LogP contribution is 2.46.